The Balaban J connectivity index is 2.30. The van der Waals surface area contributed by atoms with E-state index >= 15 is 0 Å². The van der Waals surface area contributed by atoms with Crippen molar-refractivity contribution in [3.63, 3.8) is 0 Å². The molecular formula is C13H15BrN2O. The fraction of sp³-hybridized carbons (Fsp3) is 0.385. The Morgan fingerprint density at radius 3 is 2.59 bits per heavy atom. The van der Waals surface area contributed by atoms with Crippen molar-refractivity contribution in [1.29, 1.82) is 5.26 Å². The molecule has 0 bridgehead atoms. The molecule has 4 heteroatoms. The fourth-order valence-corrected chi connectivity index (χ4v) is 1.76. The average Bonchev–Trinajstić information content (AvgIpc) is 2.37. The van der Waals surface area contributed by atoms with Crippen LogP contribution in [0.4, 0.5) is 0 Å². The van der Waals surface area contributed by atoms with Gasteiger partial charge in [-0.05, 0) is 30.5 Å². The molecule has 1 rings (SSSR count). The minimum absolute atomic E-state index is 0.0790. The number of carbonyl (C=O) groups excluding carboxylic acids is 1. The van der Waals surface area contributed by atoms with Gasteiger partial charge in [-0.3, -0.25) is 4.79 Å². The topological polar surface area (TPSA) is 52.9 Å². The number of nitriles is 1. The van der Waals surface area contributed by atoms with Crippen molar-refractivity contribution in [1.82, 2.24) is 5.32 Å². The molecule has 90 valence electrons. The second-order valence-electron chi connectivity index (χ2n) is 3.73. The fourth-order valence-electron chi connectivity index (χ4n) is 1.37. The van der Waals surface area contributed by atoms with Gasteiger partial charge in [-0.25, -0.2) is 0 Å². The van der Waals surface area contributed by atoms with Gasteiger partial charge in [-0.1, -0.05) is 28.1 Å². The van der Waals surface area contributed by atoms with Crippen LogP contribution >= 0.6 is 15.9 Å². The highest BCUT2D eigenvalue weighted by Gasteiger charge is 2.00. The van der Waals surface area contributed by atoms with Gasteiger partial charge in [0, 0.05) is 18.3 Å². The number of alkyl halides is 1. The zero-order chi connectivity index (χ0) is 12.5. The smallest absolute Gasteiger partial charge is 0.220 e. The summed E-state index contributed by atoms with van der Waals surface area (Å²) in [5.41, 5.74) is 1.65. The number of carbonyl (C=O) groups is 1. The van der Waals surface area contributed by atoms with Crippen LogP contribution in [-0.4, -0.2) is 11.2 Å². The number of benzene rings is 1. The number of rotatable bonds is 6. The van der Waals surface area contributed by atoms with Gasteiger partial charge in [0.25, 0.3) is 0 Å². The molecule has 17 heavy (non-hydrogen) atoms. The van der Waals surface area contributed by atoms with Crippen molar-refractivity contribution in [2.45, 2.75) is 25.8 Å². The van der Waals surface area contributed by atoms with Crippen LogP contribution in [0.25, 0.3) is 0 Å². The van der Waals surface area contributed by atoms with Crippen LogP contribution in [0.15, 0.2) is 24.3 Å². The highest BCUT2D eigenvalue weighted by Crippen LogP contribution is 2.03. The minimum Gasteiger partial charge on any atom is -0.352 e. The Labute approximate surface area is 110 Å². The first-order chi connectivity index (χ1) is 8.26. The quantitative estimate of drug-likeness (QED) is 0.648. The number of nitrogens with one attached hydrogen (secondary N) is 1. The van der Waals surface area contributed by atoms with Gasteiger partial charge in [0.15, 0.2) is 0 Å². The normalized spacial score (nSPS) is 9.65. The molecule has 0 aliphatic carbocycles. The number of hydrogen-bond acceptors (Lipinski definition) is 2. The van der Waals surface area contributed by atoms with E-state index in [1.807, 2.05) is 12.1 Å². The van der Waals surface area contributed by atoms with Crippen molar-refractivity contribution < 1.29 is 4.79 Å². The van der Waals surface area contributed by atoms with E-state index in [0.29, 0.717) is 18.5 Å². The molecule has 1 aromatic rings. The van der Waals surface area contributed by atoms with Crippen molar-refractivity contribution in [2.24, 2.45) is 0 Å². The Kier molecular flexibility index (Phi) is 6.34. The second-order valence-corrected chi connectivity index (χ2v) is 4.52. The molecule has 0 saturated heterocycles. The van der Waals surface area contributed by atoms with Crippen molar-refractivity contribution in [2.75, 3.05) is 5.33 Å². The summed E-state index contributed by atoms with van der Waals surface area (Å²) < 4.78 is 0. The summed E-state index contributed by atoms with van der Waals surface area (Å²) in [6.07, 6.45) is 2.50. The van der Waals surface area contributed by atoms with Crippen molar-refractivity contribution >= 4 is 21.8 Å². The summed E-state index contributed by atoms with van der Waals surface area (Å²) >= 11 is 3.33. The van der Waals surface area contributed by atoms with E-state index in [4.69, 9.17) is 5.26 Å². The molecule has 0 atom stereocenters. The lowest BCUT2D eigenvalue weighted by Gasteiger charge is -2.04. The number of nitrogens with zero attached hydrogens (tertiary/aromatic N) is 1. The van der Waals surface area contributed by atoms with E-state index in [1.54, 1.807) is 12.1 Å². The van der Waals surface area contributed by atoms with Crippen molar-refractivity contribution in [3.05, 3.63) is 35.4 Å². The molecular weight excluding hydrogens is 280 g/mol. The number of hydrogen-bond donors (Lipinski definition) is 1. The third-order valence-corrected chi connectivity index (χ3v) is 2.92. The molecule has 0 fully saturated rings. The van der Waals surface area contributed by atoms with Crippen LogP contribution in [0.3, 0.4) is 0 Å². The Morgan fingerprint density at radius 1 is 1.29 bits per heavy atom. The standard InChI is InChI=1S/C13H15BrN2O/c14-8-2-1-3-13(17)16-10-12-6-4-11(9-15)5-7-12/h4-7H,1-3,8,10H2,(H,16,17). The van der Waals surface area contributed by atoms with E-state index in [2.05, 4.69) is 27.3 Å². The maximum absolute atomic E-state index is 11.4. The summed E-state index contributed by atoms with van der Waals surface area (Å²) in [4.78, 5) is 11.4. The highest BCUT2D eigenvalue weighted by molar-refractivity contribution is 9.09. The van der Waals surface area contributed by atoms with Crippen LogP contribution in [0.1, 0.15) is 30.4 Å². The second kappa shape index (κ2) is 7.86. The number of halogens is 1. The van der Waals surface area contributed by atoms with E-state index in [9.17, 15) is 4.79 Å². The van der Waals surface area contributed by atoms with E-state index in [0.717, 1.165) is 23.7 Å². The monoisotopic (exact) mass is 294 g/mol. The van der Waals surface area contributed by atoms with Crippen LogP contribution in [0, 0.1) is 11.3 Å². The molecule has 0 aliphatic rings. The SMILES string of the molecule is N#Cc1ccc(CNC(=O)CCCCBr)cc1. The maximum Gasteiger partial charge on any atom is 0.220 e. The van der Waals surface area contributed by atoms with Gasteiger partial charge < -0.3 is 5.32 Å². The first-order valence-corrected chi connectivity index (χ1v) is 6.70. The zero-order valence-electron chi connectivity index (χ0n) is 9.58. The van der Waals surface area contributed by atoms with Crippen molar-refractivity contribution in [3.8, 4) is 6.07 Å². The van der Waals surface area contributed by atoms with Gasteiger partial charge in [-0.2, -0.15) is 5.26 Å². The maximum atomic E-state index is 11.4. The molecule has 0 unspecified atom stereocenters. The van der Waals surface area contributed by atoms with Crippen LogP contribution in [0.5, 0.6) is 0 Å². The van der Waals surface area contributed by atoms with Gasteiger partial charge in [0.1, 0.15) is 0 Å². The number of amides is 1. The van der Waals surface area contributed by atoms with Crippen LogP contribution in [-0.2, 0) is 11.3 Å². The Hall–Kier alpha value is -1.34. The third kappa shape index (κ3) is 5.50. The molecule has 0 aromatic heterocycles. The molecule has 1 N–H and O–H groups in total. The minimum atomic E-state index is 0.0790. The van der Waals surface area contributed by atoms with E-state index in [1.165, 1.54) is 0 Å². The average molecular weight is 295 g/mol. The molecule has 1 aromatic carbocycles. The third-order valence-electron chi connectivity index (χ3n) is 2.36. The van der Waals surface area contributed by atoms with Gasteiger partial charge >= 0.3 is 0 Å². The Bertz CT molecular complexity index is 395. The summed E-state index contributed by atoms with van der Waals surface area (Å²) in [6.45, 7) is 0.527. The van der Waals surface area contributed by atoms with Gasteiger partial charge in [-0.15, -0.1) is 0 Å². The lowest BCUT2D eigenvalue weighted by Crippen LogP contribution is -2.22. The molecule has 0 aliphatic heterocycles. The Morgan fingerprint density at radius 2 is 2.00 bits per heavy atom. The summed E-state index contributed by atoms with van der Waals surface area (Å²) in [5, 5.41) is 12.4. The predicted molar refractivity (Wildman–Crippen MR) is 70.6 cm³/mol. The number of unbranched alkanes of at least 4 members (excludes halogenated alkanes) is 1. The lowest BCUT2D eigenvalue weighted by molar-refractivity contribution is -0.121. The predicted octanol–water partition coefficient (Wildman–Crippen LogP) is 2.74. The summed E-state index contributed by atoms with van der Waals surface area (Å²) in [7, 11) is 0. The summed E-state index contributed by atoms with van der Waals surface area (Å²) in [6, 6.07) is 9.29. The van der Waals surface area contributed by atoms with Crippen LogP contribution in [0.2, 0.25) is 0 Å². The van der Waals surface area contributed by atoms with E-state index in [-0.39, 0.29) is 5.91 Å². The lowest BCUT2D eigenvalue weighted by atomic mass is 10.1. The van der Waals surface area contributed by atoms with Crippen LogP contribution < -0.4 is 5.32 Å². The highest BCUT2D eigenvalue weighted by atomic mass is 79.9. The molecule has 0 spiro atoms. The van der Waals surface area contributed by atoms with Gasteiger partial charge in [0.05, 0.1) is 11.6 Å². The largest absolute Gasteiger partial charge is 0.352 e. The summed E-state index contributed by atoms with van der Waals surface area (Å²) in [5.74, 6) is 0.0790. The van der Waals surface area contributed by atoms with Gasteiger partial charge in [0.2, 0.25) is 5.91 Å². The zero-order valence-corrected chi connectivity index (χ0v) is 11.2. The molecule has 3 nitrogen and oxygen atoms in total. The first-order valence-electron chi connectivity index (χ1n) is 5.58. The first kappa shape index (κ1) is 13.7. The molecule has 1 amide bonds. The molecule has 0 radical (unpaired) electrons. The molecule has 0 heterocycles. The van der Waals surface area contributed by atoms with E-state index < -0.39 is 0 Å². The molecule has 0 saturated carbocycles.